The van der Waals surface area contributed by atoms with Gasteiger partial charge in [-0.1, -0.05) is 25.1 Å². The van der Waals surface area contributed by atoms with Crippen molar-refractivity contribution in [2.75, 3.05) is 44.2 Å². The lowest BCUT2D eigenvalue weighted by Crippen LogP contribution is -2.46. The largest absolute Gasteiger partial charge is 0.494 e. The number of hydrogen-bond acceptors (Lipinski definition) is 7. The topological polar surface area (TPSA) is 70.6 Å². The first-order chi connectivity index (χ1) is 15.1. The maximum atomic E-state index is 13.0. The molecule has 0 atom stereocenters. The molecule has 8 heteroatoms. The van der Waals surface area contributed by atoms with Gasteiger partial charge in [-0.3, -0.25) is 4.79 Å². The first-order valence-corrected chi connectivity index (χ1v) is 11.6. The van der Waals surface area contributed by atoms with Gasteiger partial charge in [-0.15, -0.1) is 11.3 Å². The number of likely N-dealkylation sites (N-methyl/N-ethyl adjacent to an activating group) is 1. The Balaban J connectivity index is 1.55. The molecule has 1 aliphatic heterocycles. The summed E-state index contributed by atoms with van der Waals surface area (Å²) in [5, 5.41) is 4.05. The Hall–Kier alpha value is -2.71. The van der Waals surface area contributed by atoms with Crippen molar-refractivity contribution in [1.82, 2.24) is 20.2 Å². The van der Waals surface area contributed by atoms with Crippen molar-refractivity contribution in [3.63, 3.8) is 0 Å². The predicted molar refractivity (Wildman–Crippen MR) is 125 cm³/mol. The van der Waals surface area contributed by atoms with Crippen LogP contribution < -0.4 is 15.0 Å². The molecule has 0 saturated carbocycles. The third kappa shape index (κ3) is 4.50. The molecule has 0 aliphatic carbocycles. The molecule has 31 heavy (non-hydrogen) atoms. The number of fused-ring (bicyclic) bond motifs is 1. The number of para-hydroxylation sites is 1. The Labute approximate surface area is 187 Å². The fraction of sp³-hybridized carbons (Fsp3) is 0.435. The Morgan fingerprint density at radius 1 is 1.16 bits per heavy atom. The van der Waals surface area contributed by atoms with Gasteiger partial charge in [0.25, 0.3) is 5.91 Å². The number of ether oxygens (including phenoxy) is 1. The highest BCUT2D eigenvalue weighted by Gasteiger charge is 2.24. The van der Waals surface area contributed by atoms with Crippen molar-refractivity contribution in [2.24, 2.45) is 0 Å². The Morgan fingerprint density at radius 3 is 2.68 bits per heavy atom. The van der Waals surface area contributed by atoms with Gasteiger partial charge in [-0.05, 0) is 32.0 Å². The Morgan fingerprint density at radius 2 is 1.94 bits per heavy atom. The summed E-state index contributed by atoms with van der Waals surface area (Å²) in [7, 11) is 0. The summed E-state index contributed by atoms with van der Waals surface area (Å²) in [5.41, 5.74) is 1.91. The van der Waals surface area contributed by atoms with Crippen molar-refractivity contribution < 1.29 is 9.53 Å². The Bertz CT molecular complexity index is 1060. The smallest absolute Gasteiger partial charge is 0.261 e. The SMILES string of the molecule is CCOc1ccccc1CNC(=O)c1sc2ncnc(N3CCN(CC)CC3)c2c1C. The molecule has 3 heterocycles. The van der Waals surface area contributed by atoms with Gasteiger partial charge in [0.05, 0.1) is 16.9 Å². The van der Waals surface area contributed by atoms with Crippen molar-refractivity contribution >= 4 is 33.3 Å². The highest BCUT2D eigenvalue weighted by atomic mass is 32.1. The maximum absolute atomic E-state index is 13.0. The summed E-state index contributed by atoms with van der Waals surface area (Å²) < 4.78 is 5.67. The molecule has 4 rings (SSSR count). The number of amides is 1. The van der Waals surface area contributed by atoms with E-state index in [2.05, 4.69) is 32.0 Å². The van der Waals surface area contributed by atoms with Crippen molar-refractivity contribution in [1.29, 1.82) is 0 Å². The van der Waals surface area contributed by atoms with Crippen LogP contribution in [0.1, 0.15) is 34.6 Å². The molecule has 2 aromatic heterocycles. The number of aromatic nitrogens is 2. The minimum atomic E-state index is -0.0893. The molecule has 164 valence electrons. The summed E-state index contributed by atoms with van der Waals surface area (Å²) in [6, 6.07) is 7.79. The number of nitrogens with zero attached hydrogens (tertiary/aromatic N) is 4. The number of rotatable bonds is 7. The van der Waals surface area contributed by atoms with E-state index in [0.29, 0.717) is 18.0 Å². The van der Waals surface area contributed by atoms with Crippen LogP contribution in [0.3, 0.4) is 0 Å². The van der Waals surface area contributed by atoms with Gasteiger partial charge in [0.2, 0.25) is 0 Å². The zero-order chi connectivity index (χ0) is 21.8. The lowest BCUT2D eigenvalue weighted by Gasteiger charge is -2.35. The van der Waals surface area contributed by atoms with E-state index in [0.717, 1.165) is 65.6 Å². The first-order valence-electron chi connectivity index (χ1n) is 10.8. The van der Waals surface area contributed by atoms with Gasteiger partial charge in [-0.25, -0.2) is 9.97 Å². The molecule has 3 aromatic rings. The molecule has 1 aromatic carbocycles. The predicted octanol–water partition coefficient (Wildman–Crippen LogP) is 3.47. The lowest BCUT2D eigenvalue weighted by molar-refractivity contribution is 0.0954. The number of aryl methyl sites for hydroxylation is 1. The molecule has 1 N–H and O–H groups in total. The average Bonchev–Trinajstić information content (AvgIpc) is 3.15. The molecule has 0 bridgehead atoms. The van der Waals surface area contributed by atoms with E-state index in [-0.39, 0.29) is 5.91 Å². The number of carbonyl (C=O) groups excluding carboxylic acids is 1. The minimum Gasteiger partial charge on any atom is -0.494 e. The van der Waals surface area contributed by atoms with Gasteiger partial charge < -0.3 is 19.9 Å². The summed E-state index contributed by atoms with van der Waals surface area (Å²) in [6.45, 7) is 12.1. The number of carbonyl (C=O) groups is 1. The zero-order valence-corrected chi connectivity index (χ0v) is 19.2. The van der Waals surface area contributed by atoms with Gasteiger partial charge >= 0.3 is 0 Å². The summed E-state index contributed by atoms with van der Waals surface area (Å²) in [6.07, 6.45) is 1.61. The number of thiophene rings is 1. The van der Waals surface area contributed by atoms with Gasteiger partial charge in [-0.2, -0.15) is 0 Å². The molecule has 1 aliphatic rings. The fourth-order valence-electron chi connectivity index (χ4n) is 3.99. The summed E-state index contributed by atoms with van der Waals surface area (Å²) in [4.78, 5) is 28.4. The highest BCUT2D eigenvalue weighted by Crippen LogP contribution is 2.35. The average molecular weight is 440 g/mol. The standard InChI is InChI=1S/C23H29N5O2S/c1-4-27-10-12-28(13-11-27)21-19-16(3)20(31-23(19)26-15-25-21)22(29)24-14-17-8-6-7-9-18(17)30-5-2/h6-9,15H,4-5,10-14H2,1-3H3,(H,24,29). The van der Waals surface area contributed by atoms with E-state index in [1.165, 1.54) is 11.3 Å². The quantitative estimate of drug-likeness (QED) is 0.608. The summed E-state index contributed by atoms with van der Waals surface area (Å²) >= 11 is 1.43. The molecule has 1 amide bonds. The molecule has 0 spiro atoms. The first kappa shape index (κ1) is 21.5. The number of anilines is 1. The third-order valence-electron chi connectivity index (χ3n) is 5.74. The molecule has 1 saturated heterocycles. The number of benzene rings is 1. The van der Waals surface area contributed by atoms with Crippen LogP contribution in [0.4, 0.5) is 5.82 Å². The van der Waals surface area contributed by atoms with Crippen LogP contribution in [0.2, 0.25) is 0 Å². The summed E-state index contributed by atoms with van der Waals surface area (Å²) in [5.74, 6) is 1.65. The normalized spacial score (nSPS) is 14.7. The van der Waals surface area contributed by atoms with E-state index in [4.69, 9.17) is 4.74 Å². The second-order valence-electron chi connectivity index (χ2n) is 7.58. The molecular weight excluding hydrogens is 410 g/mol. The van der Waals surface area contributed by atoms with Crippen LogP contribution in [0, 0.1) is 6.92 Å². The zero-order valence-electron chi connectivity index (χ0n) is 18.4. The van der Waals surface area contributed by atoms with Crippen LogP contribution >= 0.6 is 11.3 Å². The van der Waals surface area contributed by atoms with E-state index in [1.807, 2.05) is 38.1 Å². The van der Waals surface area contributed by atoms with Crippen LogP contribution in [-0.4, -0.2) is 60.1 Å². The molecule has 7 nitrogen and oxygen atoms in total. The van der Waals surface area contributed by atoms with E-state index in [1.54, 1.807) is 6.33 Å². The molecular formula is C23H29N5O2S. The number of hydrogen-bond donors (Lipinski definition) is 1. The van der Waals surface area contributed by atoms with Crippen molar-refractivity contribution in [2.45, 2.75) is 27.3 Å². The van der Waals surface area contributed by atoms with E-state index >= 15 is 0 Å². The molecule has 0 radical (unpaired) electrons. The second kappa shape index (κ2) is 9.62. The van der Waals surface area contributed by atoms with Gasteiger partial charge in [0.1, 0.15) is 22.7 Å². The van der Waals surface area contributed by atoms with Crippen molar-refractivity contribution in [3.05, 3.63) is 46.6 Å². The lowest BCUT2D eigenvalue weighted by atomic mass is 10.1. The van der Waals surface area contributed by atoms with E-state index in [9.17, 15) is 4.79 Å². The minimum absolute atomic E-state index is 0.0893. The Kier molecular flexibility index (Phi) is 6.67. The maximum Gasteiger partial charge on any atom is 0.261 e. The highest BCUT2D eigenvalue weighted by molar-refractivity contribution is 7.20. The van der Waals surface area contributed by atoms with Gasteiger partial charge in [0.15, 0.2) is 0 Å². The van der Waals surface area contributed by atoms with Crippen molar-refractivity contribution in [3.8, 4) is 5.75 Å². The third-order valence-corrected chi connectivity index (χ3v) is 6.94. The second-order valence-corrected chi connectivity index (χ2v) is 8.58. The van der Waals surface area contributed by atoms with Crippen LogP contribution in [0.15, 0.2) is 30.6 Å². The van der Waals surface area contributed by atoms with Gasteiger partial charge in [0, 0.05) is 38.3 Å². The van der Waals surface area contributed by atoms with E-state index < -0.39 is 0 Å². The molecule has 1 fully saturated rings. The van der Waals surface area contributed by atoms with Crippen LogP contribution in [0.5, 0.6) is 5.75 Å². The van der Waals surface area contributed by atoms with Crippen LogP contribution in [-0.2, 0) is 6.54 Å². The molecule has 0 unspecified atom stereocenters. The monoisotopic (exact) mass is 439 g/mol. The van der Waals surface area contributed by atoms with Crippen LogP contribution in [0.25, 0.3) is 10.2 Å². The number of piperazine rings is 1. The fourth-order valence-corrected chi connectivity index (χ4v) is 5.05. The number of nitrogens with one attached hydrogen (secondary N) is 1.